The Morgan fingerprint density at radius 3 is 2.48 bits per heavy atom. The van der Waals surface area contributed by atoms with Crippen molar-refractivity contribution in [1.29, 1.82) is 0 Å². The van der Waals surface area contributed by atoms with Crippen LogP contribution in [-0.4, -0.2) is 29.0 Å². The van der Waals surface area contributed by atoms with Gasteiger partial charge in [-0.3, -0.25) is 4.79 Å². The molecule has 1 aliphatic heterocycles. The van der Waals surface area contributed by atoms with Crippen LogP contribution >= 0.6 is 0 Å². The third-order valence-electron chi connectivity index (χ3n) is 4.87. The summed E-state index contributed by atoms with van der Waals surface area (Å²) in [7, 11) is 0. The maximum atomic E-state index is 13.0. The van der Waals surface area contributed by atoms with E-state index in [1.54, 1.807) is 12.4 Å². The molecule has 2 aromatic carbocycles. The number of para-hydroxylation sites is 2. The first-order valence-corrected chi connectivity index (χ1v) is 9.32. The lowest BCUT2D eigenvalue weighted by atomic mass is 10.0. The first kappa shape index (κ1) is 17.2. The third kappa shape index (κ3) is 3.40. The Kier molecular flexibility index (Phi) is 4.83. The molecule has 2 heterocycles. The second-order valence-electron chi connectivity index (χ2n) is 6.54. The summed E-state index contributed by atoms with van der Waals surface area (Å²) in [5, 5.41) is 0. The Morgan fingerprint density at radius 1 is 1.04 bits per heavy atom. The Balaban J connectivity index is 1.59. The van der Waals surface area contributed by atoms with Crippen LogP contribution in [0.1, 0.15) is 29.3 Å². The van der Waals surface area contributed by atoms with Gasteiger partial charge >= 0.3 is 0 Å². The molecule has 0 unspecified atom stereocenters. The summed E-state index contributed by atoms with van der Waals surface area (Å²) in [5.41, 5.74) is 3.76. The molecule has 0 saturated heterocycles. The monoisotopic (exact) mass is 358 g/mol. The van der Waals surface area contributed by atoms with E-state index in [1.165, 1.54) is 5.56 Å². The molecular weight excluding hydrogens is 336 g/mol. The highest BCUT2D eigenvalue weighted by Gasteiger charge is 2.24. The zero-order valence-corrected chi connectivity index (χ0v) is 15.4. The Hall–Kier alpha value is -3.21. The number of benzene rings is 2. The lowest BCUT2D eigenvalue weighted by molar-refractivity contribution is 0.0984. The van der Waals surface area contributed by atoms with E-state index in [9.17, 15) is 4.79 Å². The van der Waals surface area contributed by atoms with Crippen LogP contribution in [0.2, 0.25) is 0 Å². The first-order chi connectivity index (χ1) is 13.3. The second-order valence-corrected chi connectivity index (χ2v) is 6.54. The van der Waals surface area contributed by atoms with Gasteiger partial charge in [0.15, 0.2) is 0 Å². The standard InChI is InChI=1S/C22H22N4O/c1-2-25(19-11-4-3-5-12-19)22-23-15-18(16-24-22)21(27)26-14-8-10-17-9-6-7-13-20(17)26/h3-7,9,11-13,15-16H,2,8,10,14H2,1H3. The van der Waals surface area contributed by atoms with Crippen LogP contribution in [0, 0.1) is 0 Å². The highest BCUT2D eigenvalue weighted by Crippen LogP contribution is 2.28. The van der Waals surface area contributed by atoms with Gasteiger partial charge < -0.3 is 9.80 Å². The van der Waals surface area contributed by atoms with Crippen LogP contribution in [0.25, 0.3) is 0 Å². The quantitative estimate of drug-likeness (QED) is 0.700. The van der Waals surface area contributed by atoms with E-state index in [0.29, 0.717) is 11.5 Å². The van der Waals surface area contributed by atoms with Crippen molar-refractivity contribution < 1.29 is 4.79 Å². The van der Waals surface area contributed by atoms with Crippen LogP contribution in [0.3, 0.4) is 0 Å². The molecule has 1 amide bonds. The summed E-state index contributed by atoms with van der Waals surface area (Å²) < 4.78 is 0. The molecule has 0 spiro atoms. The van der Waals surface area contributed by atoms with Crippen molar-refractivity contribution in [2.45, 2.75) is 19.8 Å². The Labute approximate surface area is 159 Å². The molecule has 5 nitrogen and oxygen atoms in total. The lowest BCUT2D eigenvalue weighted by Crippen LogP contribution is -2.35. The fourth-order valence-electron chi connectivity index (χ4n) is 3.52. The van der Waals surface area contributed by atoms with Crippen molar-refractivity contribution >= 4 is 23.2 Å². The van der Waals surface area contributed by atoms with E-state index in [4.69, 9.17) is 0 Å². The van der Waals surface area contributed by atoms with Gasteiger partial charge in [0.1, 0.15) is 0 Å². The average molecular weight is 358 g/mol. The molecule has 1 aliphatic rings. The van der Waals surface area contributed by atoms with Crippen molar-refractivity contribution in [3.05, 3.63) is 78.1 Å². The van der Waals surface area contributed by atoms with Gasteiger partial charge in [0, 0.05) is 36.9 Å². The minimum Gasteiger partial charge on any atom is -0.311 e. The Bertz CT molecular complexity index is 925. The fraction of sp³-hybridized carbons (Fsp3) is 0.227. The van der Waals surface area contributed by atoms with Crippen LogP contribution in [-0.2, 0) is 6.42 Å². The van der Waals surface area contributed by atoms with Crippen molar-refractivity contribution in [2.75, 3.05) is 22.9 Å². The van der Waals surface area contributed by atoms with E-state index >= 15 is 0 Å². The number of rotatable bonds is 4. The number of aryl methyl sites for hydroxylation is 1. The summed E-state index contributed by atoms with van der Waals surface area (Å²) in [5.74, 6) is 0.552. The number of aromatic nitrogens is 2. The van der Waals surface area contributed by atoms with Gasteiger partial charge in [-0.2, -0.15) is 0 Å². The predicted octanol–water partition coefficient (Wildman–Crippen LogP) is 4.23. The minimum atomic E-state index is -0.0449. The van der Waals surface area contributed by atoms with E-state index in [2.05, 4.69) is 23.0 Å². The molecule has 27 heavy (non-hydrogen) atoms. The van der Waals surface area contributed by atoms with Crippen LogP contribution in [0.15, 0.2) is 67.0 Å². The normalized spacial score (nSPS) is 13.1. The lowest BCUT2D eigenvalue weighted by Gasteiger charge is -2.29. The number of carbonyl (C=O) groups is 1. The van der Waals surface area contributed by atoms with Crippen molar-refractivity contribution in [2.24, 2.45) is 0 Å². The van der Waals surface area contributed by atoms with Gasteiger partial charge in [0.25, 0.3) is 5.91 Å². The SMILES string of the molecule is CCN(c1ccccc1)c1ncc(C(=O)N2CCCc3ccccc32)cn1. The third-order valence-corrected chi connectivity index (χ3v) is 4.87. The van der Waals surface area contributed by atoms with Crippen LogP contribution in [0.5, 0.6) is 0 Å². The van der Waals surface area contributed by atoms with Crippen molar-refractivity contribution in [1.82, 2.24) is 9.97 Å². The maximum absolute atomic E-state index is 13.0. The molecule has 0 fully saturated rings. The van der Waals surface area contributed by atoms with E-state index in [-0.39, 0.29) is 5.91 Å². The molecule has 4 rings (SSSR count). The Morgan fingerprint density at radius 2 is 1.74 bits per heavy atom. The van der Waals surface area contributed by atoms with E-state index in [1.807, 2.05) is 58.3 Å². The largest absolute Gasteiger partial charge is 0.311 e. The number of hydrogen-bond donors (Lipinski definition) is 0. The van der Waals surface area contributed by atoms with Gasteiger partial charge in [0.05, 0.1) is 5.56 Å². The number of anilines is 3. The highest BCUT2D eigenvalue weighted by atomic mass is 16.2. The molecule has 136 valence electrons. The average Bonchev–Trinajstić information content (AvgIpc) is 2.75. The van der Waals surface area contributed by atoms with Crippen LogP contribution in [0.4, 0.5) is 17.3 Å². The molecule has 5 heteroatoms. The highest BCUT2D eigenvalue weighted by molar-refractivity contribution is 6.06. The number of nitrogens with zero attached hydrogens (tertiary/aromatic N) is 4. The molecule has 0 aliphatic carbocycles. The van der Waals surface area contributed by atoms with Crippen molar-refractivity contribution in [3.63, 3.8) is 0 Å². The van der Waals surface area contributed by atoms with Gasteiger partial charge in [-0.1, -0.05) is 36.4 Å². The summed E-state index contributed by atoms with van der Waals surface area (Å²) in [6.45, 7) is 3.53. The van der Waals surface area contributed by atoms with Crippen LogP contribution < -0.4 is 9.80 Å². The fourth-order valence-corrected chi connectivity index (χ4v) is 3.52. The molecule has 1 aromatic heterocycles. The molecule has 0 saturated carbocycles. The molecule has 0 bridgehead atoms. The van der Waals surface area contributed by atoms with Gasteiger partial charge in [0.2, 0.25) is 5.95 Å². The zero-order chi connectivity index (χ0) is 18.6. The van der Waals surface area contributed by atoms with Gasteiger partial charge in [-0.15, -0.1) is 0 Å². The minimum absolute atomic E-state index is 0.0449. The van der Waals surface area contributed by atoms with Crippen molar-refractivity contribution in [3.8, 4) is 0 Å². The molecule has 0 N–H and O–H groups in total. The first-order valence-electron chi connectivity index (χ1n) is 9.32. The summed E-state index contributed by atoms with van der Waals surface area (Å²) >= 11 is 0. The summed E-state index contributed by atoms with van der Waals surface area (Å²) in [4.78, 5) is 25.8. The molecule has 3 aromatic rings. The van der Waals surface area contributed by atoms with Gasteiger partial charge in [-0.25, -0.2) is 9.97 Å². The van der Waals surface area contributed by atoms with Gasteiger partial charge in [-0.05, 0) is 43.5 Å². The number of fused-ring (bicyclic) bond motifs is 1. The topological polar surface area (TPSA) is 49.3 Å². The zero-order valence-electron chi connectivity index (χ0n) is 15.4. The predicted molar refractivity (Wildman–Crippen MR) is 108 cm³/mol. The number of hydrogen-bond acceptors (Lipinski definition) is 4. The number of amides is 1. The van der Waals surface area contributed by atoms with E-state index in [0.717, 1.165) is 37.3 Å². The van der Waals surface area contributed by atoms with E-state index < -0.39 is 0 Å². The smallest absolute Gasteiger partial charge is 0.261 e. The number of carbonyl (C=O) groups excluding carboxylic acids is 1. The second kappa shape index (κ2) is 7.58. The molecule has 0 radical (unpaired) electrons. The molecule has 0 atom stereocenters. The maximum Gasteiger partial charge on any atom is 0.261 e. The summed E-state index contributed by atoms with van der Waals surface area (Å²) in [6, 6.07) is 18.1. The molecular formula is C22H22N4O. The summed E-state index contributed by atoms with van der Waals surface area (Å²) in [6.07, 6.45) is 5.25.